The first kappa shape index (κ1) is 20.5. The maximum atomic E-state index is 5.76. The van der Waals surface area contributed by atoms with Gasteiger partial charge in [-0.3, -0.25) is 4.99 Å². The molecule has 5 nitrogen and oxygen atoms in total. The number of rotatable bonds is 9. The van der Waals surface area contributed by atoms with Gasteiger partial charge in [-0.2, -0.15) is 0 Å². The number of unbranched alkanes of at least 4 members (excludes halogenated alkanes) is 2. The smallest absolute Gasteiger partial charge is 0.193 e. The van der Waals surface area contributed by atoms with Gasteiger partial charge in [0.15, 0.2) is 5.96 Å². The fraction of sp³-hybridized carbons (Fsp3) is 0.950. The van der Waals surface area contributed by atoms with E-state index in [2.05, 4.69) is 29.0 Å². The Labute approximate surface area is 155 Å². The van der Waals surface area contributed by atoms with Gasteiger partial charge in [0.1, 0.15) is 0 Å². The topological polar surface area (TPSA) is 40.1 Å². The molecule has 2 heterocycles. The molecule has 0 aromatic heterocycles. The Hall–Kier alpha value is -0.810. The molecule has 0 bridgehead atoms. The van der Waals surface area contributed by atoms with Crippen molar-refractivity contribution in [3.05, 3.63) is 0 Å². The first-order valence-corrected chi connectivity index (χ1v) is 10.7. The molecule has 2 fully saturated rings. The zero-order valence-corrected chi connectivity index (χ0v) is 16.6. The molecule has 0 aliphatic carbocycles. The number of ether oxygens (including phenoxy) is 1. The molecule has 2 aliphatic rings. The van der Waals surface area contributed by atoms with E-state index in [0.717, 1.165) is 51.6 Å². The Morgan fingerprint density at radius 2 is 1.76 bits per heavy atom. The average Bonchev–Trinajstić information content (AvgIpc) is 2.65. The first-order chi connectivity index (χ1) is 12.3. The van der Waals surface area contributed by atoms with Crippen molar-refractivity contribution in [3.8, 4) is 0 Å². The summed E-state index contributed by atoms with van der Waals surface area (Å²) >= 11 is 0. The molecule has 1 N–H and O–H groups in total. The molecule has 5 heteroatoms. The van der Waals surface area contributed by atoms with Crippen LogP contribution in [0.4, 0.5) is 0 Å². The summed E-state index contributed by atoms with van der Waals surface area (Å²) in [5, 5.41) is 3.47. The van der Waals surface area contributed by atoms with Crippen molar-refractivity contribution in [3.63, 3.8) is 0 Å². The van der Waals surface area contributed by atoms with Gasteiger partial charge in [0, 0.05) is 32.8 Å². The molecule has 0 aromatic carbocycles. The number of hydrogen-bond acceptors (Lipinski definition) is 3. The van der Waals surface area contributed by atoms with Crippen molar-refractivity contribution in [2.45, 2.75) is 71.3 Å². The van der Waals surface area contributed by atoms with E-state index < -0.39 is 0 Å². The lowest BCUT2D eigenvalue weighted by molar-refractivity contribution is 0.0264. The number of hydrogen-bond donors (Lipinski definition) is 1. The van der Waals surface area contributed by atoms with Gasteiger partial charge < -0.3 is 19.9 Å². The lowest BCUT2D eigenvalue weighted by Gasteiger charge is -2.34. The maximum Gasteiger partial charge on any atom is 0.193 e. The minimum atomic E-state index is 0.443. The van der Waals surface area contributed by atoms with Gasteiger partial charge in [-0.25, -0.2) is 0 Å². The summed E-state index contributed by atoms with van der Waals surface area (Å²) in [6.45, 7) is 13.0. The molecule has 0 aromatic rings. The van der Waals surface area contributed by atoms with Crippen LogP contribution in [0.15, 0.2) is 4.99 Å². The molecule has 2 saturated heterocycles. The number of piperidine rings is 2. The largest absolute Gasteiger partial charge is 0.378 e. The minimum absolute atomic E-state index is 0.443. The molecule has 0 radical (unpaired) electrons. The molecular formula is C20H40N4O. The van der Waals surface area contributed by atoms with Crippen molar-refractivity contribution in [2.75, 3.05) is 52.4 Å². The van der Waals surface area contributed by atoms with Crippen molar-refractivity contribution in [1.29, 1.82) is 0 Å². The Kier molecular flexibility index (Phi) is 10.3. The quantitative estimate of drug-likeness (QED) is 0.393. The molecule has 146 valence electrons. The molecule has 0 amide bonds. The normalized spacial score (nSPS) is 20.9. The maximum absolute atomic E-state index is 5.76. The van der Waals surface area contributed by atoms with E-state index in [0.29, 0.717) is 6.10 Å². The molecule has 2 aliphatic heterocycles. The van der Waals surface area contributed by atoms with Crippen LogP contribution in [0.5, 0.6) is 0 Å². The molecule has 0 atom stereocenters. The van der Waals surface area contributed by atoms with Gasteiger partial charge in [0.25, 0.3) is 0 Å². The second kappa shape index (κ2) is 12.5. The van der Waals surface area contributed by atoms with Gasteiger partial charge in [0.05, 0.1) is 6.10 Å². The molecule has 25 heavy (non-hydrogen) atoms. The third-order valence-electron chi connectivity index (χ3n) is 5.32. The first-order valence-electron chi connectivity index (χ1n) is 10.7. The second-order valence-electron chi connectivity index (χ2n) is 7.34. The Morgan fingerprint density at radius 1 is 1.00 bits per heavy atom. The van der Waals surface area contributed by atoms with Crippen LogP contribution in [0.3, 0.4) is 0 Å². The van der Waals surface area contributed by atoms with Crippen LogP contribution >= 0.6 is 0 Å². The fourth-order valence-electron chi connectivity index (χ4n) is 3.89. The summed E-state index contributed by atoms with van der Waals surface area (Å²) in [5.74, 6) is 1.11. The zero-order chi connectivity index (χ0) is 17.7. The average molecular weight is 353 g/mol. The van der Waals surface area contributed by atoms with Crippen molar-refractivity contribution >= 4 is 5.96 Å². The highest BCUT2D eigenvalue weighted by atomic mass is 16.5. The minimum Gasteiger partial charge on any atom is -0.378 e. The fourth-order valence-corrected chi connectivity index (χ4v) is 3.89. The number of nitrogens with one attached hydrogen (secondary N) is 1. The highest BCUT2D eigenvalue weighted by Gasteiger charge is 2.21. The van der Waals surface area contributed by atoms with E-state index in [-0.39, 0.29) is 0 Å². The van der Waals surface area contributed by atoms with Crippen molar-refractivity contribution < 1.29 is 4.74 Å². The Morgan fingerprint density at radius 3 is 2.44 bits per heavy atom. The van der Waals surface area contributed by atoms with Crippen LogP contribution in [-0.2, 0) is 4.74 Å². The Balaban J connectivity index is 1.62. The number of nitrogens with zero attached hydrogens (tertiary/aromatic N) is 3. The second-order valence-corrected chi connectivity index (χ2v) is 7.34. The van der Waals surface area contributed by atoms with E-state index in [1.54, 1.807) is 0 Å². The van der Waals surface area contributed by atoms with E-state index in [1.165, 1.54) is 58.2 Å². The molecular weight excluding hydrogens is 312 g/mol. The number of aliphatic imine (C=N–C) groups is 1. The van der Waals surface area contributed by atoms with Crippen LogP contribution in [0.2, 0.25) is 0 Å². The van der Waals surface area contributed by atoms with Gasteiger partial charge in [0.2, 0.25) is 0 Å². The summed E-state index contributed by atoms with van der Waals surface area (Å²) in [5.41, 5.74) is 0. The number of likely N-dealkylation sites (tertiary alicyclic amines) is 2. The van der Waals surface area contributed by atoms with Gasteiger partial charge in [-0.1, -0.05) is 12.8 Å². The molecule has 2 rings (SSSR count). The lowest BCUT2D eigenvalue weighted by atomic mass is 10.1. The monoisotopic (exact) mass is 352 g/mol. The van der Waals surface area contributed by atoms with E-state index in [4.69, 9.17) is 9.73 Å². The summed E-state index contributed by atoms with van der Waals surface area (Å²) in [6, 6.07) is 0. The standard InChI is InChI=1S/C20H40N4O/c1-3-21-20(24-17-11-19(12-18-24)25-4-2)22-13-7-5-8-14-23-15-9-6-10-16-23/h19H,3-18H2,1-2H3,(H,21,22). The summed E-state index contributed by atoms with van der Waals surface area (Å²) < 4.78 is 5.76. The SMILES string of the molecule is CCNC(=NCCCCCN1CCCCC1)N1CCC(OCC)CC1. The predicted octanol–water partition coefficient (Wildman–Crippen LogP) is 3.11. The van der Waals surface area contributed by atoms with Crippen molar-refractivity contribution in [1.82, 2.24) is 15.1 Å². The van der Waals surface area contributed by atoms with Crippen LogP contribution in [0.1, 0.15) is 65.2 Å². The highest BCUT2D eigenvalue weighted by Crippen LogP contribution is 2.14. The van der Waals surface area contributed by atoms with E-state index >= 15 is 0 Å². The zero-order valence-electron chi connectivity index (χ0n) is 16.6. The van der Waals surface area contributed by atoms with Crippen molar-refractivity contribution in [2.24, 2.45) is 4.99 Å². The third kappa shape index (κ3) is 7.95. The van der Waals surface area contributed by atoms with Crippen LogP contribution in [0.25, 0.3) is 0 Å². The van der Waals surface area contributed by atoms with Gasteiger partial charge in [-0.05, 0) is 72.0 Å². The summed E-state index contributed by atoms with van der Waals surface area (Å²) in [7, 11) is 0. The van der Waals surface area contributed by atoms with Crippen LogP contribution in [-0.4, -0.2) is 74.3 Å². The van der Waals surface area contributed by atoms with E-state index in [9.17, 15) is 0 Å². The lowest BCUT2D eigenvalue weighted by Crippen LogP contribution is -2.47. The molecule has 0 spiro atoms. The predicted molar refractivity (Wildman–Crippen MR) is 106 cm³/mol. The van der Waals surface area contributed by atoms with Gasteiger partial charge >= 0.3 is 0 Å². The van der Waals surface area contributed by atoms with E-state index in [1.807, 2.05) is 0 Å². The molecule has 0 saturated carbocycles. The van der Waals surface area contributed by atoms with Gasteiger partial charge in [-0.15, -0.1) is 0 Å². The third-order valence-corrected chi connectivity index (χ3v) is 5.32. The highest BCUT2D eigenvalue weighted by molar-refractivity contribution is 5.80. The van der Waals surface area contributed by atoms with Crippen LogP contribution < -0.4 is 5.32 Å². The Bertz CT molecular complexity index is 361. The summed E-state index contributed by atoms with van der Waals surface area (Å²) in [4.78, 5) is 9.92. The summed E-state index contributed by atoms with van der Waals surface area (Å²) in [6.07, 6.45) is 10.7. The van der Waals surface area contributed by atoms with Crippen LogP contribution in [0, 0.1) is 0 Å². The molecule has 0 unspecified atom stereocenters. The number of guanidine groups is 1.